The topological polar surface area (TPSA) is 46.6 Å². The number of halogens is 1. The Balaban J connectivity index is 2.13. The molecule has 0 saturated carbocycles. The minimum atomic E-state index is -0.537. The summed E-state index contributed by atoms with van der Waals surface area (Å²) in [6, 6.07) is 10.3. The Morgan fingerprint density at radius 2 is 1.67 bits per heavy atom. The first kappa shape index (κ1) is 13.3. The summed E-state index contributed by atoms with van der Waals surface area (Å²) in [5, 5.41) is 0. The first-order chi connectivity index (χ1) is 10.1. The normalized spacial score (nSPS) is 13.5. The van der Waals surface area contributed by atoms with Gasteiger partial charge < -0.3 is 4.74 Å². The van der Waals surface area contributed by atoms with E-state index in [1.807, 2.05) is 0 Å². The standard InChI is InChI=1S/C16H12FNO3/c1-2-21-14-8-7-10(17)9-13(14)18-15(19)11-5-3-4-6-12(11)16(18)20/h3-9H,2H2,1H3. The Morgan fingerprint density at radius 1 is 1.05 bits per heavy atom. The lowest BCUT2D eigenvalue weighted by molar-refractivity contribution is 0.0925. The van der Waals surface area contributed by atoms with Gasteiger partial charge in [0, 0.05) is 6.07 Å². The summed E-state index contributed by atoms with van der Waals surface area (Å²) in [6.45, 7) is 2.12. The van der Waals surface area contributed by atoms with Crippen LogP contribution in [0.3, 0.4) is 0 Å². The van der Waals surface area contributed by atoms with E-state index in [1.165, 1.54) is 12.1 Å². The number of fused-ring (bicyclic) bond motifs is 1. The Hall–Kier alpha value is -2.69. The van der Waals surface area contributed by atoms with E-state index in [0.29, 0.717) is 23.5 Å². The molecule has 0 aromatic heterocycles. The average Bonchev–Trinajstić information content (AvgIpc) is 2.74. The van der Waals surface area contributed by atoms with Gasteiger partial charge in [-0.25, -0.2) is 9.29 Å². The van der Waals surface area contributed by atoms with Gasteiger partial charge in [-0.2, -0.15) is 0 Å². The molecule has 0 bridgehead atoms. The van der Waals surface area contributed by atoms with E-state index < -0.39 is 17.6 Å². The molecule has 0 spiro atoms. The summed E-state index contributed by atoms with van der Waals surface area (Å²) < 4.78 is 18.9. The zero-order valence-corrected chi connectivity index (χ0v) is 11.3. The lowest BCUT2D eigenvalue weighted by atomic mass is 10.1. The molecule has 5 heteroatoms. The van der Waals surface area contributed by atoms with Crippen molar-refractivity contribution < 1.29 is 18.7 Å². The van der Waals surface area contributed by atoms with E-state index in [4.69, 9.17) is 4.74 Å². The fourth-order valence-corrected chi connectivity index (χ4v) is 2.35. The summed E-state index contributed by atoms with van der Waals surface area (Å²) in [7, 11) is 0. The van der Waals surface area contributed by atoms with E-state index in [2.05, 4.69) is 0 Å². The molecule has 106 valence electrons. The Bertz CT molecular complexity index is 707. The fraction of sp³-hybridized carbons (Fsp3) is 0.125. The molecule has 0 unspecified atom stereocenters. The molecule has 1 aliphatic heterocycles. The summed E-state index contributed by atoms with van der Waals surface area (Å²) in [4.78, 5) is 25.8. The number of nitrogens with zero attached hydrogens (tertiary/aromatic N) is 1. The van der Waals surface area contributed by atoms with Gasteiger partial charge in [0.2, 0.25) is 0 Å². The summed E-state index contributed by atoms with van der Waals surface area (Å²) in [5.74, 6) is -1.18. The number of imide groups is 1. The van der Waals surface area contributed by atoms with Gasteiger partial charge in [-0.15, -0.1) is 0 Å². The molecule has 2 aromatic rings. The maximum absolute atomic E-state index is 13.5. The van der Waals surface area contributed by atoms with Gasteiger partial charge in [0.05, 0.1) is 23.4 Å². The van der Waals surface area contributed by atoms with Gasteiger partial charge >= 0.3 is 0 Å². The smallest absolute Gasteiger partial charge is 0.266 e. The largest absolute Gasteiger partial charge is 0.492 e. The van der Waals surface area contributed by atoms with Crippen LogP contribution in [0.15, 0.2) is 42.5 Å². The van der Waals surface area contributed by atoms with Gasteiger partial charge in [0.15, 0.2) is 0 Å². The van der Waals surface area contributed by atoms with Crippen molar-refractivity contribution in [2.45, 2.75) is 6.92 Å². The second kappa shape index (κ2) is 5.01. The van der Waals surface area contributed by atoms with Gasteiger partial charge in [-0.1, -0.05) is 12.1 Å². The average molecular weight is 285 g/mol. The molecule has 21 heavy (non-hydrogen) atoms. The minimum absolute atomic E-state index is 0.128. The van der Waals surface area contributed by atoms with Gasteiger partial charge in [-0.3, -0.25) is 9.59 Å². The second-order valence-electron chi connectivity index (χ2n) is 4.54. The number of amides is 2. The maximum Gasteiger partial charge on any atom is 0.266 e. The molecule has 0 radical (unpaired) electrons. The molecule has 3 rings (SSSR count). The van der Waals surface area contributed by atoms with Crippen LogP contribution in [0.1, 0.15) is 27.6 Å². The van der Waals surface area contributed by atoms with Crippen LogP contribution in [0.5, 0.6) is 5.75 Å². The van der Waals surface area contributed by atoms with Crippen molar-refractivity contribution in [3.05, 3.63) is 59.4 Å². The van der Waals surface area contributed by atoms with E-state index in [-0.39, 0.29) is 5.69 Å². The van der Waals surface area contributed by atoms with Crippen molar-refractivity contribution in [2.24, 2.45) is 0 Å². The lowest BCUT2D eigenvalue weighted by Crippen LogP contribution is -2.30. The number of ether oxygens (including phenoxy) is 1. The van der Waals surface area contributed by atoms with Crippen molar-refractivity contribution >= 4 is 17.5 Å². The van der Waals surface area contributed by atoms with Crippen LogP contribution in [-0.2, 0) is 0 Å². The SMILES string of the molecule is CCOc1ccc(F)cc1N1C(=O)c2ccccc2C1=O. The summed E-state index contributed by atoms with van der Waals surface area (Å²) >= 11 is 0. The van der Waals surface area contributed by atoms with E-state index in [1.54, 1.807) is 31.2 Å². The van der Waals surface area contributed by atoms with Crippen molar-refractivity contribution in [2.75, 3.05) is 11.5 Å². The molecular formula is C16H12FNO3. The highest BCUT2D eigenvalue weighted by molar-refractivity contribution is 6.34. The number of carbonyl (C=O) groups excluding carboxylic acids is 2. The minimum Gasteiger partial charge on any atom is -0.492 e. The molecule has 4 nitrogen and oxygen atoms in total. The summed E-state index contributed by atoms with van der Waals surface area (Å²) in [5.41, 5.74) is 0.756. The highest BCUT2D eigenvalue weighted by Crippen LogP contribution is 2.35. The predicted molar refractivity (Wildman–Crippen MR) is 75.2 cm³/mol. The van der Waals surface area contributed by atoms with Crippen LogP contribution in [0.4, 0.5) is 10.1 Å². The number of carbonyl (C=O) groups is 2. The molecule has 0 aliphatic carbocycles. The number of anilines is 1. The van der Waals surface area contributed by atoms with E-state index in [0.717, 1.165) is 11.0 Å². The van der Waals surface area contributed by atoms with Crippen molar-refractivity contribution in [1.82, 2.24) is 0 Å². The van der Waals surface area contributed by atoms with E-state index in [9.17, 15) is 14.0 Å². The third kappa shape index (κ3) is 2.07. The van der Waals surface area contributed by atoms with Gasteiger partial charge in [-0.05, 0) is 31.2 Å². The molecule has 2 amide bonds. The van der Waals surface area contributed by atoms with Crippen LogP contribution in [-0.4, -0.2) is 18.4 Å². The molecule has 0 saturated heterocycles. The van der Waals surface area contributed by atoms with Gasteiger partial charge in [0.1, 0.15) is 11.6 Å². The third-order valence-corrected chi connectivity index (χ3v) is 3.26. The number of hydrogen-bond acceptors (Lipinski definition) is 3. The number of benzene rings is 2. The molecule has 1 aliphatic rings. The molecular weight excluding hydrogens is 273 g/mol. The molecule has 0 atom stereocenters. The lowest BCUT2D eigenvalue weighted by Gasteiger charge is -2.18. The molecule has 0 fully saturated rings. The molecule has 1 heterocycles. The zero-order chi connectivity index (χ0) is 15.0. The van der Waals surface area contributed by atoms with Gasteiger partial charge in [0.25, 0.3) is 11.8 Å². The van der Waals surface area contributed by atoms with Crippen LogP contribution in [0, 0.1) is 5.82 Å². The number of hydrogen-bond donors (Lipinski definition) is 0. The quantitative estimate of drug-likeness (QED) is 0.814. The second-order valence-corrected chi connectivity index (χ2v) is 4.54. The van der Waals surface area contributed by atoms with Crippen LogP contribution in [0.25, 0.3) is 0 Å². The van der Waals surface area contributed by atoms with Crippen molar-refractivity contribution in [1.29, 1.82) is 0 Å². The summed E-state index contributed by atoms with van der Waals surface area (Å²) in [6.07, 6.45) is 0. The van der Waals surface area contributed by atoms with Crippen LogP contribution >= 0.6 is 0 Å². The van der Waals surface area contributed by atoms with E-state index >= 15 is 0 Å². The maximum atomic E-state index is 13.5. The van der Waals surface area contributed by atoms with Crippen molar-refractivity contribution in [3.63, 3.8) is 0 Å². The Morgan fingerprint density at radius 3 is 2.24 bits per heavy atom. The molecule has 2 aromatic carbocycles. The predicted octanol–water partition coefficient (Wildman–Crippen LogP) is 3.03. The van der Waals surface area contributed by atoms with Crippen molar-refractivity contribution in [3.8, 4) is 5.75 Å². The Kier molecular flexibility index (Phi) is 3.17. The highest BCUT2D eigenvalue weighted by atomic mass is 19.1. The monoisotopic (exact) mass is 285 g/mol. The number of rotatable bonds is 3. The van der Waals surface area contributed by atoms with Crippen LogP contribution in [0.2, 0.25) is 0 Å². The first-order valence-corrected chi connectivity index (χ1v) is 6.53. The fourth-order valence-electron chi connectivity index (χ4n) is 2.35. The van der Waals surface area contributed by atoms with Crippen LogP contribution < -0.4 is 9.64 Å². The highest BCUT2D eigenvalue weighted by Gasteiger charge is 2.37. The zero-order valence-electron chi connectivity index (χ0n) is 11.3. The Labute approximate surface area is 120 Å². The first-order valence-electron chi connectivity index (χ1n) is 6.53. The molecule has 0 N–H and O–H groups in total. The third-order valence-electron chi connectivity index (χ3n) is 3.26.